The van der Waals surface area contributed by atoms with E-state index < -0.39 is 5.60 Å². The summed E-state index contributed by atoms with van der Waals surface area (Å²) in [6.07, 6.45) is 1.63. The van der Waals surface area contributed by atoms with Crippen LogP contribution in [0.5, 0.6) is 0 Å². The maximum absolute atomic E-state index is 11.7. The summed E-state index contributed by atoms with van der Waals surface area (Å²) in [5, 5.41) is 2.98. The van der Waals surface area contributed by atoms with Crippen LogP contribution >= 0.6 is 22.9 Å². The molecule has 1 N–H and O–H groups in total. The van der Waals surface area contributed by atoms with Crippen LogP contribution in [0.25, 0.3) is 0 Å². The van der Waals surface area contributed by atoms with Crippen molar-refractivity contribution >= 4 is 29.0 Å². The zero-order valence-electron chi connectivity index (χ0n) is 10.5. The van der Waals surface area contributed by atoms with E-state index in [4.69, 9.17) is 4.74 Å². The highest BCUT2D eigenvalue weighted by atomic mass is 127. The average Bonchev–Trinajstić information content (AvgIpc) is 2.07. The minimum absolute atomic E-state index is 0.121. The molecule has 1 rings (SSSR count). The quantitative estimate of drug-likeness (QED) is 0.590. The molecular formula is C11H21IN2O2. The van der Waals surface area contributed by atoms with E-state index >= 15 is 0 Å². The third-order valence-corrected chi connectivity index (χ3v) is 3.58. The van der Waals surface area contributed by atoms with Crippen molar-refractivity contribution in [3.63, 3.8) is 0 Å². The highest BCUT2D eigenvalue weighted by Gasteiger charge is 2.32. The summed E-state index contributed by atoms with van der Waals surface area (Å²) in [7, 11) is 0. The molecule has 0 atom stereocenters. The van der Waals surface area contributed by atoms with Crippen LogP contribution in [-0.4, -0.2) is 33.4 Å². The number of rotatable bonds is 1. The van der Waals surface area contributed by atoms with Gasteiger partial charge in [-0.05, 0) is 40.5 Å². The molecule has 0 aromatic heterocycles. The van der Waals surface area contributed by atoms with E-state index in [-0.39, 0.29) is 11.6 Å². The Morgan fingerprint density at radius 2 is 1.88 bits per heavy atom. The Kier molecular flexibility index (Phi) is 4.45. The molecular weight excluding hydrogens is 319 g/mol. The van der Waals surface area contributed by atoms with Gasteiger partial charge in [-0.2, -0.15) is 0 Å². The van der Waals surface area contributed by atoms with Crippen molar-refractivity contribution in [3.8, 4) is 0 Å². The summed E-state index contributed by atoms with van der Waals surface area (Å²) in [5.74, 6) is 0. The first-order chi connectivity index (χ1) is 7.20. The number of carbonyl (C=O) groups is 1. The molecule has 0 saturated carbocycles. The third-order valence-electron chi connectivity index (χ3n) is 2.62. The molecule has 1 heterocycles. The number of ether oxygens (including phenoxy) is 1. The maximum atomic E-state index is 11.7. The molecule has 0 aromatic rings. The molecule has 1 aliphatic heterocycles. The Labute approximate surface area is 112 Å². The second-order valence-corrected chi connectivity index (χ2v) is 6.96. The van der Waals surface area contributed by atoms with Crippen LogP contribution in [0.3, 0.4) is 0 Å². The van der Waals surface area contributed by atoms with Crippen LogP contribution in [0.1, 0.15) is 40.5 Å². The summed E-state index contributed by atoms with van der Waals surface area (Å²) in [6.45, 7) is 9.73. The first-order valence-corrected chi connectivity index (χ1v) is 6.59. The Hall–Kier alpha value is -0.0400. The molecule has 4 nitrogen and oxygen atoms in total. The monoisotopic (exact) mass is 340 g/mol. The van der Waals surface area contributed by atoms with Gasteiger partial charge < -0.3 is 10.1 Å². The van der Waals surface area contributed by atoms with Crippen LogP contribution in [0.4, 0.5) is 4.79 Å². The standard InChI is InChI=1S/C11H21IN2O2/c1-10(2,3)16-9(15)13-11(4)5-7-14(12)8-6-11/h5-8H2,1-4H3,(H,13,15). The van der Waals surface area contributed by atoms with Crippen molar-refractivity contribution in [3.05, 3.63) is 0 Å². The molecule has 0 aromatic carbocycles. The first kappa shape index (κ1) is 14.0. The lowest BCUT2D eigenvalue weighted by Gasteiger charge is -2.37. The number of nitrogens with zero attached hydrogens (tertiary/aromatic N) is 1. The van der Waals surface area contributed by atoms with Crippen molar-refractivity contribution in [2.24, 2.45) is 0 Å². The average molecular weight is 340 g/mol. The fraction of sp³-hybridized carbons (Fsp3) is 0.909. The predicted molar refractivity (Wildman–Crippen MR) is 72.6 cm³/mol. The lowest BCUT2D eigenvalue weighted by atomic mass is 9.91. The SMILES string of the molecule is CC1(NC(=O)OC(C)(C)C)CCN(I)CC1. The molecule has 0 radical (unpaired) electrons. The number of alkyl carbamates (subject to hydrolysis) is 1. The van der Waals surface area contributed by atoms with Gasteiger partial charge in [0.2, 0.25) is 0 Å². The van der Waals surface area contributed by atoms with E-state index in [0.717, 1.165) is 25.9 Å². The van der Waals surface area contributed by atoms with Crippen molar-refractivity contribution < 1.29 is 9.53 Å². The van der Waals surface area contributed by atoms with E-state index in [2.05, 4.69) is 38.2 Å². The number of hydrogen-bond acceptors (Lipinski definition) is 3. The van der Waals surface area contributed by atoms with Crippen LogP contribution in [-0.2, 0) is 4.74 Å². The lowest BCUT2D eigenvalue weighted by molar-refractivity contribution is 0.0434. The van der Waals surface area contributed by atoms with E-state index in [1.54, 1.807) is 0 Å². The molecule has 0 unspecified atom stereocenters. The number of hydrogen-bond donors (Lipinski definition) is 1. The van der Waals surface area contributed by atoms with Gasteiger partial charge in [-0.3, -0.25) is 0 Å². The van der Waals surface area contributed by atoms with Crippen molar-refractivity contribution in [1.82, 2.24) is 8.43 Å². The first-order valence-electron chi connectivity index (χ1n) is 5.62. The van der Waals surface area contributed by atoms with Gasteiger partial charge in [0.05, 0.1) is 0 Å². The van der Waals surface area contributed by atoms with Gasteiger partial charge in [-0.15, -0.1) is 0 Å². The van der Waals surface area contributed by atoms with Crippen molar-refractivity contribution in [2.75, 3.05) is 13.1 Å². The summed E-state index contributed by atoms with van der Waals surface area (Å²) >= 11 is 2.32. The zero-order chi connectivity index (χ0) is 12.4. The molecule has 1 saturated heterocycles. The normalized spacial score (nSPS) is 21.6. The Morgan fingerprint density at radius 1 is 1.38 bits per heavy atom. The van der Waals surface area contributed by atoms with Gasteiger partial charge in [-0.25, -0.2) is 7.91 Å². The van der Waals surface area contributed by atoms with Gasteiger partial charge in [-0.1, -0.05) is 0 Å². The lowest BCUT2D eigenvalue weighted by Crippen LogP contribution is -2.52. The molecule has 0 aliphatic carbocycles. The topological polar surface area (TPSA) is 41.6 Å². The van der Waals surface area contributed by atoms with Gasteiger partial charge in [0.15, 0.2) is 0 Å². The van der Waals surface area contributed by atoms with E-state index in [1.807, 2.05) is 20.8 Å². The van der Waals surface area contributed by atoms with Crippen LogP contribution < -0.4 is 5.32 Å². The fourth-order valence-electron chi connectivity index (χ4n) is 1.65. The number of halogens is 1. The second-order valence-electron chi connectivity index (χ2n) is 5.60. The molecule has 0 bridgehead atoms. The Morgan fingerprint density at radius 3 is 2.31 bits per heavy atom. The number of amides is 1. The number of nitrogens with one attached hydrogen (secondary N) is 1. The minimum atomic E-state index is -0.426. The summed E-state index contributed by atoms with van der Waals surface area (Å²) < 4.78 is 7.51. The smallest absolute Gasteiger partial charge is 0.408 e. The Bertz CT molecular complexity index is 255. The molecule has 0 spiro atoms. The van der Waals surface area contributed by atoms with E-state index in [9.17, 15) is 4.79 Å². The van der Waals surface area contributed by atoms with E-state index in [1.165, 1.54) is 0 Å². The molecule has 94 valence electrons. The van der Waals surface area contributed by atoms with Crippen LogP contribution in [0, 0.1) is 0 Å². The van der Waals surface area contributed by atoms with Crippen molar-refractivity contribution in [1.29, 1.82) is 0 Å². The molecule has 16 heavy (non-hydrogen) atoms. The number of piperidine rings is 1. The Balaban J connectivity index is 2.44. The molecule has 1 fully saturated rings. The number of carbonyl (C=O) groups excluding carboxylic acids is 1. The molecule has 1 aliphatic rings. The summed E-state index contributed by atoms with van der Waals surface area (Å²) in [5.41, 5.74) is -0.547. The largest absolute Gasteiger partial charge is 0.444 e. The predicted octanol–water partition coefficient (Wildman–Crippen LogP) is 2.72. The second kappa shape index (κ2) is 5.08. The van der Waals surface area contributed by atoms with Gasteiger partial charge in [0, 0.05) is 41.5 Å². The van der Waals surface area contributed by atoms with Gasteiger partial charge in [0.25, 0.3) is 0 Å². The molecule has 1 amide bonds. The third kappa shape index (κ3) is 4.86. The van der Waals surface area contributed by atoms with E-state index in [0.29, 0.717) is 0 Å². The van der Waals surface area contributed by atoms with Crippen LogP contribution in [0.2, 0.25) is 0 Å². The zero-order valence-corrected chi connectivity index (χ0v) is 12.6. The van der Waals surface area contributed by atoms with Crippen LogP contribution in [0.15, 0.2) is 0 Å². The highest BCUT2D eigenvalue weighted by molar-refractivity contribution is 14.1. The van der Waals surface area contributed by atoms with Gasteiger partial charge >= 0.3 is 6.09 Å². The van der Waals surface area contributed by atoms with Gasteiger partial charge in [0.1, 0.15) is 5.60 Å². The summed E-state index contributed by atoms with van der Waals surface area (Å²) in [6, 6.07) is 0. The summed E-state index contributed by atoms with van der Waals surface area (Å²) in [4.78, 5) is 11.7. The fourth-order valence-corrected chi connectivity index (χ4v) is 2.13. The maximum Gasteiger partial charge on any atom is 0.408 e. The van der Waals surface area contributed by atoms with Crippen molar-refractivity contribution in [2.45, 2.75) is 51.7 Å². The highest BCUT2D eigenvalue weighted by Crippen LogP contribution is 2.24. The molecule has 5 heteroatoms. The minimum Gasteiger partial charge on any atom is -0.444 e.